The van der Waals surface area contributed by atoms with Crippen molar-refractivity contribution in [3.8, 4) is 0 Å². The van der Waals surface area contributed by atoms with Crippen molar-refractivity contribution in [2.24, 2.45) is 0 Å². The molecule has 2 rings (SSSR count). The molecular formula is C17H12ClF6NO4S. The van der Waals surface area contributed by atoms with E-state index in [4.69, 9.17) is 16.7 Å². The van der Waals surface area contributed by atoms with Crippen molar-refractivity contribution in [1.82, 2.24) is 4.72 Å². The number of alkyl halides is 6. The van der Waals surface area contributed by atoms with E-state index >= 15 is 0 Å². The Morgan fingerprint density at radius 1 is 1.00 bits per heavy atom. The van der Waals surface area contributed by atoms with Gasteiger partial charge in [0, 0.05) is 5.02 Å². The molecule has 2 N–H and O–H groups in total. The number of hydrogen-bond donors (Lipinski definition) is 2. The van der Waals surface area contributed by atoms with E-state index in [1.54, 1.807) is 0 Å². The van der Waals surface area contributed by atoms with Crippen LogP contribution in [0.15, 0.2) is 47.4 Å². The number of carboxylic acid groups (broad SMARTS) is 1. The van der Waals surface area contributed by atoms with Gasteiger partial charge in [-0.15, -0.1) is 0 Å². The van der Waals surface area contributed by atoms with Crippen molar-refractivity contribution in [3.63, 3.8) is 0 Å². The van der Waals surface area contributed by atoms with Gasteiger partial charge < -0.3 is 5.11 Å². The second-order valence-corrected chi connectivity index (χ2v) is 8.16. The summed E-state index contributed by atoms with van der Waals surface area (Å²) < 4.78 is 105. The fourth-order valence-corrected chi connectivity index (χ4v) is 4.04. The lowest BCUT2D eigenvalue weighted by atomic mass is 10.1. The van der Waals surface area contributed by atoms with Crippen molar-refractivity contribution in [3.05, 3.63) is 64.2 Å². The highest BCUT2D eigenvalue weighted by Gasteiger charge is 2.38. The van der Waals surface area contributed by atoms with Gasteiger partial charge in [0.05, 0.1) is 28.5 Å². The van der Waals surface area contributed by atoms with Gasteiger partial charge in [-0.2, -0.15) is 26.3 Å². The number of sulfonamides is 1. The molecule has 0 aromatic heterocycles. The van der Waals surface area contributed by atoms with Gasteiger partial charge in [0.2, 0.25) is 10.0 Å². The molecule has 2 aromatic carbocycles. The van der Waals surface area contributed by atoms with Crippen LogP contribution in [0.5, 0.6) is 0 Å². The Bertz CT molecular complexity index is 1020. The largest absolute Gasteiger partial charge is 0.481 e. The van der Waals surface area contributed by atoms with Crippen molar-refractivity contribution >= 4 is 27.6 Å². The molecule has 0 unspecified atom stereocenters. The summed E-state index contributed by atoms with van der Waals surface area (Å²) in [5.74, 6) is -1.48. The minimum atomic E-state index is -5.26. The molecular weight excluding hydrogens is 464 g/mol. The quantitative estimate of drug-likeness (QED) is 0.584. The van der Waals surface area contributed by atoms with Crippen LogP contribution in [-0.2, 0) is 27.2 Å². The number of halogens is 7. The van der Waals surface area contributed by atoms with E-state index < -0.39 is 56.8 Å². The Kier molecular flexibility index (Phi) is 6.74. The molecule has 0 aliphatic rings. The van der Waals surface area contributed by atoms with Crippen molar-refractivity contribution < 1.29 is 44.7 Å². The van der Waals surface area contributed by atoms with Crippen LogP contribution in [0.2, 0.25) is 5.02 Å². The van der Waals surface area contributed by atoms with Gasteiger partial charge in [-0.25, -0.2) is 13.1 Å². The van der Waals surface area contributed by atoms with Crippen molar-refractivity contribution in [2.45, 2.75) is 29.7 Å². The van der Waals surface area contributed by atoms with Crippen LogP contribution in [0.4, 0.5) is 26.3 Å². The van der Waals surface area contributed by atoms with E-state index in [1.165, 1.54) is 24.3 Å². The molecule has 13 heteroatoms. The summed E-state index contributed by atoms with van der Waals surface area (Å²) in [6.45, 7) is 0. The summed E-state index contributed by atoms with van der Waals surface area (Å²) in [6.07, 6.45) is -11.4. The first-order chi connectivity index (χ1) is 13.6. The molecule has 0 aliphatic carbocycles. The van der Waals surface area contributed by atoms with Crippen LogP contribution in [-0.4, -0.2) is 19.5 Å². The Morgan fingerprint density at radius 3 is 1.93 bits per heavy atom. The van der Waals surface area contributed by atoms with E-state index in [-0.39, 0.29) is 28.8 Å². The van der Waals surface area contributed by atoms with Gasteiger partial charge in [0.25, 0.3) is 0 Å². The van der Waals surface area contributed by atoms with E-state index in [9.17, 15) is 39.6 Å². The Balaban J connectivity index is 2.58. The molecule has 164 valence electrons. The molecule has 0 heterocycles. The number of aliphatic carboxylic acids is 1. The molecule has 5 nitrogen and oxygen atoms in total. The number of hydrogen-bond acceptors (Lipinski definition) is 3. The zero-order valence-corrected chi connectivity index (χ0v) is 16.1. The van der Waals surface area contributed by atoms with E-state index in [0.29, 0.717) is 0 Å². The third kappa shape index (κ3) is 5.86. The predicted molar refractivity (Wildman–Crippen MR) is 93.2 cm³/mol. The monoisotopic (exact) mass is 475 g/mol. The average Bonchev–Trinajstić information content (AvgIpc) is 2.59. The minimum absolute atomic E-state index is 0.0202. The zero-order chi connectivity index (χ0) is 22.9. The Labute approximate surface area is 171 Å². The molecule has 0 aliphatic heterocycles. The summed E-state index contributed by atoms with van der Waals surface area (Å²) in [4.78, 5) is 9.79. The predicted octanol–water partition coefficient (Wildman–Crippen LogP) is 4.87. The van der Waals surface area contributed by atoms with E-state index in [1.807, 2.05) is 4.72 Å². The molecule has 0 fully saturated rings. The molecule has 30 heavy (non-hydrogen) atoms. The maximum absolute atomic E-state index is 13.0. The SMILES string of the molecule is O=C(O)C[C@H](NS(=O)(=O)c1cc(C(F)(F)F)cc(C(F)(F)F)c1)c1ccccc1Cl. The summed E-state index contributed by atoms with van der Waals surface area (Å²) in [6, 6.07) is 3.73. The fourth-order valence-electron chi connectivity index (χ4n) is 2.48. The molecule has 0 bridgehead atoms. The summed E-state index contributed by atoms with van der Waals surface area (Å²) in [5.41, 5.74) is -3.68. The summed E-state index contributed by atoms with van der Waals surface area (Å²) in [5, 5.41) is 8.98. The van der Waals surface area contributed by atoms with Gasteiger partial charge in [-0.1, -0.05) is 29.8 Å². The van der Waals surface area contributed by atoms with Crippen LogP contribution < -0.4 is 4.72 Å². The highest BCUT2D eigenvalue weighted by molar-refractivity contribution is 7.89. The van der Waals surface area contributed by atoms with E-state index in [2.05, 4.69) is 0 Å². The average molecular weight is 476 g/mol. The lowest BCUT2D eigenvalue weighted by Crippen LogP contribution is -2.31. The normalized spacial score (nSPS) is 13.8. The first-order valence-electron chi connectivity index (χ1n) is 7.89. The highest BCUT2D eigenvalue weighted by Crippen LogP contribution is 2.37. The first kappa shape index (κ1) is 24.0. The zero-order valence-electron chi connectivity index (χ0n) is 14.6. The number of nitrogens with one attached hydrogen (secondary N) is 1. The molecule has 2 aromatic rings. The maximum Gasteiger partial charge on any atom is 0.416 e. The fraction of sp³-hybridized carbons (Fsp3) is 0.235. The number of rotatable bonds is 6. The lowest BCUT2D eigenvalue weighted by molar-refractivity contribution is -0.143. The van der Waals surface area contributed by atoms with Crippen molar-refractivity contribution in [1.29, 1.82) is 0 Å². The second kappa shape index (κ2) is 8.44. The van der Waals surface area contributed by atoms with Gasteiger partial charge in [-0.05, 0) is 29.8 Å². The molecule has 1 atom stereocenters. The maximum atomic E-state index is 13.0. The Hall–Kier alpha value is -2.31. The number of carbonyl (C=O) groups is 1. The Morgan fingerprint density at radius 2 is 1.50 bits per heavy atom. The number of carboxylic acids is 1. The van der Waals surface area contributed by atoms with Gasteiger partial charge in [0.1, 0.15) is 0 Å². The molecule has 0 radical (unpaired) electrons. The standard InChI is InChI=1S/C17H12ClF6NO4S/c18-13-4-2-1-3-12(13)14(8-15(26)27)25-30(28,29)11-6-9(16(19,20)21)5-10(7-11)17(22,23)24/h1-7,14,25H,8H2,(H,26,27)/t14-/m0/s1. The topological polar surface area (TPSA) is 83.5 Å². The van der Waals surface area contributed by atoms with Crippen LogP contribution in [0, 0.1) is 0 Å². The summed E-state index contributed by atoms with van der Waals surface area (Å²) >= 11 is 5.92. The van der Waals surface area contributed by atoms with Crippen molar-refractivity contribution in [2.75, 3.05) is 0 Å². The number of benzene rings is 2. The van der Waals surface area contributed by atoms with Crippen LogP contribution in [0.3, 0.4) is 0 Å². The minimum Gasteiger partial charge on any atom is -0.481 e. The van der Waals surface area contributed by atoms with Crippen LogP contribution in [0.25, 0.3) is 0 Å². The smallest absolute Gasteiger partial charge is 0.416 e. The van der Waals surface area contributed by atoms with Gasteiger partial charge >= 0.3 is 18.3 Å². The second-order valence-electron chi connectivity index (χ2n) is 6.03. The van der Waals surface area contributed by atoms with Gasteiger partial charge in [-0.3, -0.25) is 4.79 Å². The first-order valence-corrected chi connectivity index (χ1v) is 9.75. The van der Waals surface area contributed by atoms with Crippen LogP contribution >= 0.6 is 11.6 Å². The molecule has 0 saturated heterocycles. The third-order valence-electron chi connectivity index (χ3n) is 3.83. The highest BCUT2D eigenvalue weighted by atomic mass is 35.5. The summed E-state index contributed by atoms with van der Waals surface area (Å²) in [7, 11) is -5.01. The van der Waals surface area contributed by atoms with E-state index in [0.717, 1.165) is 0 Å². The molecule has 0 saturated carbocycles. The molecule has 0 spiro atoms. The molecule has 0 amide bonds. The third-order valence-corrected chi connectivity index (χ3v) is 5.62. The van der Waals surface area contributed by atoms with Crippen LogP contribution in [0.1, 0.15) is 29.2 Å². The van der Waals surface area contributed by atoms with Gasteiger partial charge in [0.15, 0.2) is 0 Å². The lowest BCUT2D eigenvalue weighted by Gasteiger charge is -2.20.